The molecule has 3 aromatic carbocycles. The molecule has 3 aromatic rings. The maximum atomic E-state index is 14.2. The van der Waals surface area contributed by atoms with Gasteiger partial charge in [0, 0.05) is 12.8 Å². The number of carboxylic acid groups (broad SMARTS) is 1. The van der Waals surface area contributed by atoms with Gasteiger partial charge in [0.2, 0.25) is 29.4 Å². The minimum absolute atomic E-state index is 0.00932. The highest BCUT2D eigenvalue weighted by molar-refractivity contribution is 6.38. The molecular formula is C44H53N5O9. The average molecular weight is 796 g/mol. The molecule has 3 aliphatic rings. The summed E-state index contributed by atoms with van der Waals surface area (Å²) in [6, 6.07) is 18.0. The van der Waals surface area contributed by atoms with Crippen LogP contribution in [0.1, 0.15) is 93.9 Å². The lowest BCUT2D eigenvalue weighted by molar-refractivity contribution is -0.142. The number of hydrogen-bond donors (Lipinski definition) is 6. The summed E-state index contributed by atoms with van der Waals surface area (Å²) in [6.07, 6.45) is 7.24. The molecule has 14 nitrogen and oxygen atoms in total. The number of amides is 5. The van der Waals surface area contributed by atoms with Crippen LogP contribution < -0.4 is 31.3 Å². The van der Waals surface area contributed by atoms with Crippen molar-refractivity contribution in [3.05, 3.63) is 95.6 Å². The predicted octanol–water partition coefficient (Wildman–Crippen LogP) is 4.21. The molecule has 0 radical (unpaired) electrons. The van der Waals surface area contributed by atoms with Crippen molar-refractivity contribution in [2.75, 3.05) is 6.54 Å². The molecule has 5 amide bonds. The van der Waals surface area contributed by atoms with E-state index in [4.69, 9.17) is 4.74 Å². The highest BCUT2D eigenvalue weighted by Crippen LogP contribution is 2.28. The SMILES string of the molecule is CCCC(NC(=O)[C@H]1Cc2cccc(c2)Oc2ccc(cc2)CCCCC(=O)N[C@@H](C2CCCCC2)C(=O)N1)C(=O)C(=O)NCC(=O)N[C@H](C(=O)O)c1ccccc1. The Labute approximate surface area is 338 Å². The minimum Gasteiger partial charge on any atom is -0.479 e. The molecule has 6 rings (SSSR count). The van der Waals surface area contributed by atoms with Crippen molar-refractivity contribution in [1.29, 1.82) is 0 Å². The number of aliphatic carboxylic acids is 1. The zero-order valence-electron chi connectivity index (χ0n) is 32.8. The summed E-state index contributed by atoms with van der Waals surface area (Å²) >= 11 is 0. The molecular weight excluding hydrogens is 743 g/mol. The number of nitrogens with one attached hydrogen (secondary N) is 5. The number of fused-ring (bicyclic) bond motifs is 12. The number of carboxylic acids is 1. The summed E-state index contributed by atoms with van der Waals surface area (Å²) in [5.41, 5.74) is 2.07. The molecule has 1 saturated carbocycles. The number of carbonyl (C=O) groups excluding carboxylic acids is 6. The Morgan fingerprint density at radius 3 is 2.22 bits per heavy atom. The van der Waals surface area contributed by atoms with Gasteiger partial charge < -0.3 is 36.4 Å². The number of rotatable bonds is 12. The van der Waals surface area contributed by atoms with E-state index in [2.05, 4.69) is 26.6 Å². The summed E-state index contributed by atoms with van der Waals surface area (Å²) in [6.45, 7) is 1.08. The number of aryl methyl sites for hydroxylation is 1. The summed E-state index contributed by atoms with van der Waals surface area (Å²) in [7, 11) is 0. The van der Waals surface area contributed by atoms with E-state index in [1.54, 1.807) is 49.4 Å². The molecule has 58 heavy (non-hydrogen) atoms. The second-order valence-electron chi connectivity index (χ2n) is 15.0. The number of hydrogen-bond acceptors (Lipinski definition) is 8. The van der Waals surface area contributed by atoms with E-state index < -0.39 is 66.1 Å². The largest absolute Gasteiger partial charge is 0.479 e. The zero-order valence-corrected chi connectivity index (χ0v) is 32.8. The highest BCUT2D eigenvalue weighted by atomic mass is 16.5. The van der Waals surface area contributed by atoms with Gasteiger partial charge in [-0.15, -0.1) is 0 Å². The molecule has 0 saturated heterocycles. The number of ketones is 1. The molecule has 1 fully saturated rings. The van der Waals surface area contributed by atoms with Gasteiger partial charge in [0.05, 0.1) is 12.6 Å². The first-order valence-electron chi connectivity index (χ1n) is 20.2. The van der Waals surface area contributed by atoms with Crippen LogP contribution in [0.4, 0.5) is 0 Å². The van der Waals surface area contributed by atoms with Gasteiger partial charge in [-0.1, -0.05) is 87.2 Å². The topological polar surface area (TPSA) is 209 Å². The van der Waals surface area contributed by atoms with Crippen LogP contribution in [0.5, 0.6) is 11.5 Å². The van der Waals surface area contributed by atoms with E-state index in [-0.39, 0.29) is 31.1 Å². The lowest BCUT2D eigenvalue weighted by Crippen LogP contribution is -2.59. The Kier molecular flexibility index (Phi) is 15.9. The summed E-state index contributed by atoms with van der Waals surface area (Å²) in [5, 5.41) is 22.7. The Morgan fingerprint density at radius 1 is 0.793 bits per heavy atom. The lowest BCUT2D eigenvalue weighted by atomic mass is 9.83. The monoisotopic (exact) mass is 795 g/mol. The second kappa shape index (κ2) is 21.5. The molecule has 308 valence electrons. The van der Waals surface area contributed by atoms with Crippen molar-refractivity contribution in [3.8, 4) is 11.5 Å². The van der Waals surface area contributed by atoms with E-state index in [0.29, 0.717) is 35.5 Å². The van der Waals surface area contributed by atoms with Crippen molar-refractivity contribution in [2.24, 2.45) is 5.92 Å². The van der Waals surface area contributed by atoms with E-state index in [1.165, 1.54) is 12.1 Å². The van der Waals surface area contributed by atoms with Crippen LogP contribution in [0, 0.1) is 5.92 Å². The number of carbonyl (C=O) groups is 7. The van der Waals surface area contributed by atoms with Crippen LogP contribution in [0.15, 0.2) is 78.9 Å². The van der Waals surface area contributed by atoms with Crippen molar-refractivity contribution in [2.45, 2.75) is 108 Å². The summed E-state index contributed by atoms with van der Waals surface area (Å²) < 4.78 is 6.12. The molecule has 4 bridgehead atoms. The normalized spacial score (nSPS) is 19.0. The molecule has 0 aromatic heterocycles. The molecule has 1 aliphatic carbocycles. The van der Waals surface area contributed by atoms with Gasteiger partial charge in [-0.05, 0) is 85.4 Å². The van der Waals surface area contributed by atoms with Gasteiger partial charge >= 0.3 is 5.97 Å². The maximum Gasteiger partial charge on any atom is 0.330 e. The number of ether oxygens (including phenoxy) is 1. The van der Waals surface area contributed by atoms with E-state index >= 15 is 0 Å². The lowest BCUT2D eigenvalue weighted by Gasteiger charge is -2.31. The van der Waals surface area contributed by atoms with Gasteiger partial charge in [0.25, 0.3) is 5.91 Å². The fourth-order valence-electron chi connectivity index (χ4n) is 7.41. The van der Waals surface area contributed by atoms with Crippen molar-refractivity contribution in [3.63, 3.8) is 0 Å². The first kappa shape index (κ1) is 43.1. The molecule has 0 spiro atoms. The Morgan fingerprint density at radius 2 is 1.52 bits per heavy atom. The first-order valence-corrected chi connectivity index (χ1v) is 20.2. The fourth-order valence-corrected chi connectivity index (χ4v) is 7.41. The number of Topliss-reactive ketones (excluding diaryl/α,β-unsaturated/α-hetero) is 1. The van der Waals surface area contributed by atoms with Gasteiger partial charge in [0.15, 0.2) is 6.04 Å². The fraction of sp³-hybridized carbons (Fsp3) is 0.432. The van der Waals surface area contributed by atoms with Crippen LogP contribution >= 0.6 is 0 Å². The molecule has 2 aliphatic heterocycles. The molecule has 1 unspecified atom stereocenters. The average Bonchev–Trinajstić information content (AvgIpc) is 3.22. The predicted molar refractivity (Wildman–Crippen MR) is 214 cm³/mol. The van der Waals surface area contributed by atoms with Gasteiger partial charge in [-0.25, -0.2) is 4.79 Å². The van der Waals surface area contributed by atoms with E-state index in [9.17, 15) is 38.7 Å². The third-order valence-electron chi connectivity index (χ3n) is 10.5. The second-order valence-corrected chi connectivity index (χ2v) is 15.0. The Bertz CT molecular complexity index is 1910. The van der Waals surface area contributed by atoms with Crippen LogP contribution in [-0.2, 0) is 46.4 Å². The van der Waals surface area contributed by atoms with Crippen LogP contribution in [0.2, 0.25) is 0 Å². The molecule has 4 atom stereocenters. The van der Waals surface area contributed by atoms with Crippen LogP contribution in [0.25, 0.3) is 0 Å². The molecule has 6 N–H and O–H groups in total. The third kappa shape index (κ3) is 12.7. The zero-order chi connectivity index (χ0) is 41.4. The number of benzene rings is 3. The minimum atomic E-state index is -1.38. The molecule has 2 heterocycles. The smallest absolute Gasteiger partial charge is 0.330 e. The Hall–Kier alpha value is -6.05. The van der Waals surface area contributed by atoms with Gasteiger partial charge in [0.1, 0.15) is 23.6 Å². The first-order chi connectivity index (χ1) is 28.0. The van der Waals surface area contributed by atoms with Gasteiger partial charge in [-0.3, -0.25) is 28.8 Å². The molecule has 14 heteroatoms. The van der Waals surface area contributed by atoms with Crippen LogP contribution in [0.3, 0.4) is 0 Å². The summed E-state index contributed by atoms with van der Waals surface area (Å²) in [4.78, 5) is 92.7. The van der Waals surface area contributed by atoms with E-state index in [1.807, 2.05) is 24.3 Å². The third-order valence-corrected chi connectivity index (χ3v) is 10.5. The van der Waals surface area contributed by atoms with Gasteiger partial charge in [-0.2, -0.15) is 0 Å². The van der Waals surface area contributed by atoms with Crippen LogP contribution in [-0.4, -0.2) is 71.1 Å². The van der Waals surface area contributed by atoms with Crippen molar-refractivity contribution < 1.29 is 43.4 Å². The highest BCUT2D eigenvalue weighted by Gasteiger charge is 2.35. The van der Waals surface area contributed by atoms with Crippen molar-refractivity contribution in [1.82, 2.24) is 26.6 Å². The maximum absolute atomic E-state index is 14.2. The van der Waals surface area contributed by atoms with Crippen molar-refractivity contribution >= 4 is 41.3 Å². The standard InChI is InChI=1S/C44H53N5O9/c1-2-12-34(40(52)43(55)45-27-37(51)49-39(44(56)57)31-17-7-4-8-18-31)46-41(53)35-26-29-14-11-19-33(25-29)58-32-23-21-28(22-24-32)13-9-10-20-36(50)48-38(42(54)47-35)30-15-5-3-6-16-30/h4,7-8,11,14,17-19,21-25,30,34-35,38-39H,2-3,5-6,9-10,12-13,15-16,20,26-27H2,1H3,(H,45,55)(H,46,53)(H,47,54)(H,48,50)(H,49,51)(H,56,57)/t34?,35-,38+,39+/m1/s1. The summed E-state index contributed by atoms with van der Waals surface area (Å²) in [5.74, 6) is -4.79. The quantitative estimate of drug-likeness (QED) is 0.145. The Balaban J connectivity index is 1.34. The van der Waals surface area contributed by atoms with E-state index in [0.717, 1.165) is 50.5 Å².